The van der Waals surface area contributed by atoms with Gasteiger partial charge in [0.15, 0.2) is 11.6 Å². The smallest absolute Gasteiger partial charge is 0.243 e. The summed E-state index contributed by atoms with van der Waals surface area (Å²) in [5.74, 6) is 1.64. The quantitative estimate of drug-likeness (QED) is 0.730. The summed E-state index contributed by atoms with van der Waals surface area (Å²) < 4.78 is 33.5. The maximum absolute atomic E-state index is 13.3. The van der Waals surface area contributed by atoms with Crippen LogP contribution in [0.2, 0.25) is 0 Å². The van der Waals surface area contributed by atoms with E-state index < -0.39 is 10.0 Å². The lowest BCUT2D eigenvalue weighted by Crippen LogP contribution is -2.49. The van der Waals surface area contributed by atoms with E-state index in [0.29, 0.717) is 44.3 Å². The van der Waals surface area contributed by atoms with Crippen molar-refractivity contribution < 1.29 is 13.2 Å². The number of sulfonamides is 1. The molecule has 30 heavy (non-hydrogen) atoms. The highest BCUT2D eigenvalue weighted by atomic mass is 32.2. The van der Waals surface area contributed by atoms with Gasteiger partial charge in [-0.2, -0.15) is 4.31 Å². The summed E-state index contributed by atoms with van der Waals surface area (Å²) >= 11 is 0. The number of anilines is 2. The first-order valence-corrected chi connectivity index (χ1v) is 11.8. The molecule has 0 unspecified atom stereocenters. The fraction of sp³-hybridized carbons (Fsp3) is 0.524. The molecular formula is C21H29N5O3S. The maximum Gasteiger partial charge on any atom is 0.243 e. The number of rotatable bonds is 4. The number of morpholine rings is 1. The third kappa shape index (κ3) is 4.14. The Labute approximate surface area is 178 Å². The molecule has 0 radical (unpaired) electrons. The summed E-state index contributed by atoms with van der Waals surface area (Å²) in [7, 11) is -3.51. The first-order chi connectivity index (χ1) is 14.4. The van der Waals surface area contributed by atoms with Gasteiger partial charge in [0.25, 0.3) is 0 Å². The van der Waals surface area contributed by atoms with Crippen LogP contribution in [-0.4, -0.2) is 75.4 Å². The maximum atomic E-state index is 13.3. The van der Waals surface area contributed by atoms with E-state index in [-0.39, 0.29) is 0 Å². The fourth-order valence-electron chi connectivity index (χ4n) is 4.31. The van der Waals surface area contributed by atoms with Crippen molar-refractivity contribution in [3.05, 3.63) is 41.0 Å². The van der Waals surface area contributed by atoms with Gasteiger partial charge >= 0.3 is 0 Å². The van der Waals surface area contributed by atoms with E-state index in [0.717, 1.165) is 41.4 Å². The molecule has 4 rings (SSSR count). The van der Waals surface area contributed by atoms with Crippen molar-refractivity contribution in [3.8, 4) is 0 Å². The van der Waals surface area contributed by atoms with Crippen molar-refractivity contribution >= 4 is 21.7 Å². The van der Waals surface area contributed by atoms with Crippen LogP contribution in [0.3, 0.4) is 0 Å². The van der Waals surface area contributed by atoms with Gasteiger partial charge in [-0.25, -0.2) is 8.42 Å². The SMILES string of the molecule is Cc1cc(C)c(S(=O)(=O)N2CCN(c3ccc(N4CCOCC4)nn3)CC2)c(C)c1. The average Bonchev–Trinajstić information content (AvgIpc) is 2.74. The third-order valence-corrected chi connectivity index (χ3v) is 7.94. The van der Waals surface area contributed by atoms with Gasteiger partial charge in [0.05, 0.1) is 18.1 Å². The minimum atomic E-state index is -3.51. The Morgan fingerprint density at radius 1 is 0.800 bits per heavy atom. The highest BCUT2D eigenvalue weighted by Gasteiger charge is 2.31. The largest absolute Gasteiger partial charge is 0.378 e. The number of ether oxygens (including phenoxy) is 1. The minimum absolute atomic E-state index is 0.433. The highest BCUT2D eigenvalue weighted by Crippen LogP contribution is 2.27. The van der Waals surface area contributed by atoms with Crippen LogP contribution in [0.25, 0.3) is 0 Å². The summed E-state index contributed by atoms with van der Waals surface area (Å²) in [6, 6.07) is 7.81. The Kier molecular flexibility index (Phi) is 5.95. The number of piperazine rings is 1. The molecule has 2 saturated heterocycles. The first kappa shape index (κ1) is 21.0. The van der Waals surface area contributed by atoms with Crippen molar-refractivity contribution in [1.29, 1.82) is 0 Å². The molecule has 0 bridgehead atoms. The first-order valence-electron chi connectivity index (χ1n) is 10.4. The summed E-state index contributed by atoms with van der Waals surface area (Å²) in [5, 5.41) is 8.76. The topological polar surface area (TPSA) is 78.9 Å². The van der Waals surface area contributed by atoms with Crippen LogP contribution >= 0.6 is 0 Å². The molecule has 3 heterocycles. The lowest BCUT2D eigenvalue weighted by atomic mass is 10.1. The van der Waals surface area contributed by atoms with Crippen LogP contribution in [0.15, 0.2) is 29.2 Å². The van der Waals surface area contributed by atoms with Gasteiger partial charge in [0.2, 0.25) is 10.0 Å². The standard InChI is InChI=1S/C21H29N5O3S/c1-16-14-17(2)21(18(3)15-16)30(27,28)26-8-6-24(7-9-26)19-4-5-20(23-22-19)25-10-12-29-13-11-25/h4-5,14-15H,6-13H2,1-3H3. The molecule has 8 nitrogen and oxygen atoms in total. The Bertz CT molecular complexity index is 973. The van der Waals surface area contributed by atoms with E-state index in [1.807, 2.05) is 45.0 Å². The van der Waals surface area contributed by atoms with Crippen molar-refractivity contribution in [2.24, 2.45) is 0 Å². The van der Waals surface area contributed by atoms with E-state index in [1.54, 1.807) is 4.31 Å². The number of hydrogen-bond acceptors (Lipinski definition) is 7. The molecule has 0 aliphatic carbocycles. The molecule has 2 aromatic rings. The molecule has 0 amide bonds. The number of hydrogen-bond donors (Lipinski definition) is 0. The molecular weight excluding hydrogens is 402 g/mol. The molecule has 0 atom stereocenters. The summed E-state index contributed by atoms with van der Waals surface area (Å²) in [5.41, 5.74) is 2.69. The molecule has 0 spiro atoms. The van der Waals surface area contributed by atoms with Gasteiger partial charge in [-0.15, -0.1) is 10.2 Å². The summed E-state index contributed by atoms with van der Waals surface area (Å²) in [6.07, 6.45) is 0. The predicted octanol–water partition coefficient (Wildman–Crippen LogP) is 1.75. The molecule has 162 valence electrons. The molecule has 1 aromatic carbocycles. The second kappa shape index (κ2) is 8.49. The monoisotopic (exact) mass is 431 g/mol. The average molecular weight is 432 g/mol. The van der Waals surface area contributed by atoms with E-state index in [9.17, 15) is 8.42 Å². The van der Waals surface area contributed by atoms with Crippen LogP contribution in [0.4, 0.5) is 11.6 Å². The van der Waals surface area contributed by atoms with Gasteiger partial charge in [-0.3, -0.25) is 0 Å². The number of benzene rings is 1. The lowest BCUT2D eigenvalue weighted by Gasteiger charge is -2.35. The summed E-state index contributed by atoms with van der Waals surface area (Å²) in [4.78, 5) is 4.70. The highest BCUT2D eigenvalue weighted by molar-refractivity contribution is 7.89. The molecule has 0 N–H and O–H groups in total. The van der Waals surface area contributed by atoms with Crippen LogP contribution < -0.4 is 9.80 Å². The third-order valence-electron chi connectivity index (χ3n) is 5.74. The van der Waals surface area contributed by atoms with Crippen molar-refractivity contribution in [3.63, 3.8) is 0 Å². The van der Waals surface area contributed by atoms with E-state index in [2.05, 4.69) is 20.0 Å². The molecule has 2 aliphatic rings. The van der Waals surface area contributed by atoms with Gasteiger partial charge < -0.3 is 14.5 Å². The Morgan fingerprint density at radius 3 is 1.80 bits per heavy atom. The van der Waals surface area contributed by atoms with E-state index >= 15 is 0 Å². The van der Waals surface area contributed by atoms with Gasteiger partial charge in [-0.05, 0) is 44.0 Å². The fourth-order valence-corrected chi connectivity index (χ4v) is 6.14. The van der Waals surface area contributed by atoms with Crippen LogP contribution in [0.1, 0.15) is 16.7 Å². The summed E-state index contributed by atoms with van der Waals surface area (Å²) in [6.45, 7) is 10.8. The van der Waals surface area contributed by atoms with Gasteiger partial charge in [0, 0.05) is 39.3 Å². The Hall–Kier alpha value is -2.23. The van der Waals surface area contributed by atoms with Crippen molar-refractivity contribution in [1.82, 2.24) is 14.5 Å². The van der Waals surface area contributed by atoms with Gasteiger partial charge in [-0.1, -0.05) is 17.7 Å². The van der Waals surface area contributed by atoms with Crippen LogP contribution in [0, 0.1) is 20.8 Å². The lowest BCUT2D eigenvalue weighted by molar-refractivity contribution is 0.122. The molecule has 0 saturated carbocycles. The van der Waals surface area contributed by atoms with E-state index in [1.165, 1.54) is 0 Å². The number of aromatic nitrogens is 2. The zero-order chi connectivity index (χ0) is 21.3. The zero-order valence-corrected chi connectivity index (χ0v) is 18.7. The number of aryl methyl sites for hydroxylation is 3. The van der Waals surface area contributed by atoms with Crippen molar-refractivity contribution in [2.75, 3.05) is 62.3 Å². The Balaban J connectivity index is 1.43. The normalized spacial score (nSPS) is 18.6. The predicted molar refractivity (Wildman–Crippen MR) is 117 cm³/mol. The molecule has 2 aliphatic heterocycles. The molecule has 1 aromatic heterocycles. The Morgan fingerprint density at radius 2 is 1.30 bits per heavy atom. The van der Waals surface area contributed by atoms with Gasteiger partial charge in [0.1, 0.15) is 0 Å². The second-order valence-corrected chi connectivity index (χ2v) is 9.84. The molecule has 2 fully saturated rings. The number of nitrogens with zero attached hydrogens (tertiary/aromatic N) is 5. The van der Waals surface area contributed by atoms with Crippen LogP contribution in [0.5, 0.6) is 0 Å². The van der Waals surface area contributed by atoms with E-state index in [4.69, 9.17) is 4.74 Å². The van der Waals surface area contributed by atoms with Crippen LogP contribution in [-0.2, 0) is 14.8 Å². The van der Waals surface area contributed by atoms with Crippen molar-refractivity contribution in [2.45, 2.75) is 25.7 Å². The minimum Gasteiger partial charge on any atom is -0.378 e. The second-order valence-electron chi connectivity index (χ2n) is 7.97. The zero-order valence-electron chi connectivity index (χ0n) is 17.8. The molecule has 9 heteroatoms.